The predicted octanol–water partition coefficient (Wildman–Crippen LogP) is 2.89. The molecule has 1 aromatic rings. The van der Waals surface area contributed by atoms with E-state index in [1.54, 1.807) is 6.92 Å². The number of benzene rings is 1. The third kappa shape index (κ3) is 3.41. The highest BCUT2D eigenvalue weighted by atomic mass is 35.5. The Morgan fingerprint density at radius 2 is 2.24 bits per heavy atom. The lowest BCUT2D eigenvalue weighted by atomic mass is 9.83. The molecule has 1 aromatic carbocycles. The van der Waals surface area contributed by atoms with Gasteiger partial charge >= 0.3 is 5.97 Å². The molecule has 25 heavy (non-hydrogen) atoms. The fraction of sp³-hybridized carbons (Fsp3) is 0.250. The fourth-order valence-corrected chi connectivity index (χ4v) is 2.76. The van der Waals surface area contributed by atoms with Crippen LogP contribution >= 0.6 is 11.6 Å². The molecule has 0 saturated carbocycles. The summed E-state index contributed by atoms with van der Waals surface area (Å²) in [4.78, 5) is 22.9. The van der Waals surface area contributed by atoms with Crippen LogP contribution in [0, 0.1) is 21.4 Å². The maximum absolute atomic E-state index is 12.4. The quantitative estimate of drug-likeness (QED) is 0.494. The van der Waals surface area contributed by atoms with Gasteiger partial charge in [0.25, 0.3) is 5.69 Å². The van der Waals surface area contributed by atoms with E-state index in [4.69, 9.17) is 26.8 Å². The van der Waals surface area contributed by atoms with E-state index in [1.807, 2.05) is 6.07 Å². The summed E-state index contributed by atoms with van der Waals surface area (Å²) >= 11 is 6.19. The number of halogens is 1. The van der Waals surface area contributed by atoms with E-state index < -0.39 is 16.8 Å². The number of carbonyl (C=O) groups is 1. The van der Waals surface area contributed by atoms with Gasteiger partial charge in [-0.15, -0.1) is 0 Å². The van der Waals surface area contributed by atoms with E-state index in [2.05, 4.69) is 0 Å². The predicted molar refractivity (Wildman–Crippen MR) is 88.1 cm³/mol. The van der Waals surface area contributed by atoms with Crippen molar-refractivity contribution in [2.24, 2.45) is 5.73 Å². The van der Waals surface area contributed by atoms with Crippen LogP contribution in [0.3, 0.4) is 0 Å². The van der Waals surface area contributed by atoms with Crippen LogP contribution in [0.2, 0.25) is 5.02 Å². The van der Waals surface area contributed by atoms with Crippen LogP contribution in [0.25, 0.3) is 0 Å². The van der Waals surface area contributed by atoms with E-state index >= 15 is 0 Å². The minimum absolute atomic E-state index is 0.0231. The number of esters is 1. The molecule has 8 nitrogen and oxygen atoms in total. The summed E-state index contributed by atoms with van der Waals surface area (Å²) in [5, 5.41) is 20.7. The molecule has 1 aliphatic heterocycles. The number of nitro groups is 1. The largest absolute Gasteiger partial charge is 0.463 e. The summed E-state index contributed by atoms with van der Waals surface area (Å²) in [6.45, 7) is 3.22. The van der Waals surface area contributed by atoms with Crippen LogP contribution in [0.1, 0.15) is 25.3 Å². The molecule has 1 atom stereocenters. The number of nitriles is 1. The number of carbonyl (C=O) groups excluding carboxylic acids is 1. The Labute approximate surface area is 148 Å². The third-order valence-electron chi connectivity index (χ3n) is 3.60. The smallest absolute Gasteiger partial charge is 0.338 e. The number of allylic oxidation sites excluding steroid dienone is 2. The highest BCUT2D eigenvalue weighted by Gasteiger charge is 2.38. The fourth-order valence-electron chi connectivity index (χ4n) is 2.53. The van der Waals surface area contributed by atoms with Gasteiger partial charge in [0.05, 0.1) is 23.0 Å². The van der Waals surface area contributed by atoms with Gasteiger partial charge in [-0.05, 0) is 25.5 Å². The number of non-ortho nitro benzene ring substituents is 1. The van der Waals surface area contributed by atoms with Gasteiger partial charge in [-0.3, -0.25) is 10.1 Å². The summed E-state index contributed by atoms with van der Waals surface area (Å²) < 4.78 is 10.3. The minimum atomic E-state index is -1.02. The van der Waals surface area contributed by atoms with Crippen molar-refractivity contribution in [3.63, 3.8) is 0 Å². The lowest BCUT2D eigenvalue weighted by molar-refractivity contribution is -0.384. The normalized spacial score (nSPS) is 17.0. The first-order valence-corrected chi connectivity index (χ1v) is 7.58. The average molecular weight is 364 g/mol. The standard InChI is InChI=1S/C16H14ClN3O5/c1-3-24-16(21)13-8(2)25-15(19)11(7-18)14(13)10-6-9(20(22)23)4-5-12(10)17/h4-6,14H,3,19H2,1-2H3. The van der Waals surface area contributed by atoms with Gasteiger partial charge in [0.1, 0.15) is 17.4 Å². The zero-order chi connectivity index (χ0) is 18.7. The van der Waals surface area contributed by atoms with E-state index in [1.165, 1.54) is 25.1 Å². The highest BCUT2D eigenvalue weighted by Crippen LogP contribution is 2.43. The zero-order valence-electron chi connectivity index (χ0n) is 13.4. The Bertz CT molecular complexity index is 854. The Kier molecular flexibility index (Phi) is 5.29. The molecule has 0 bridgehead atoms. The van der Waals surface area contributed by atoms with E-state index in [9.17, 15) is 20.2 Å². The van der Waals surface area contributed by atoms with Gasteiger partial charge in [0.2, 0.25) is 5.88 Å². The molecule has 0 amide bonds. The first kappa shape index (κ1) is 18.3. The molecule has 2 N–H and O–H groups in total. The van der Waals surface area contributed by atoms with Crippen molar-refractivity contribution in [3.8, 4) is 6.07 Å². The van der Waals surface area contributed by atoms with Crippen molar-refractivity contribution in [2.75, 3.05) is 6.61 Å². The van der Waals surface area contributed by atoms with Crippen LogP contribution in [-0.4, -0.2) is 17.5 Å². The van der Waals surface area contributed by atoms with Crippen molar-refractivity contribution in [1.82, 2.24) is 0 Å². The van der Waals surface area contributed by atoms with Crippen LogP contribution in [-0.2, 0) is 14.3 Å². The van der Waals surface area contributed by atoms with Crippen molar-refractivity contribution < 1.29 is 19.2 Å². The number of hydrogen-bond acceptors (Lipinski definition) is 7. The minimum Gasteiger partial charge on any atom is -0.463 e. The topological polar surface area (TPSA) is 128 Å². The molecule has 0 spiro atoms. The molecule has 2 rings (SSSR count). The number of rotatable bonds is 4. The van der Waals surface area contributed by atoms with E-state index in [0.717, 1.165) is 0 Å². The van der Waals surface area contributed by atoms with E-state index in [0.29, 0.717) is 0 Å². The number of nitrogens with two attached hydrogens (primary N) is 1. The van der Waals surface area contributed by atoms with Gasteiger partial charge in [-0.25, -0.2) is 4.79 Å². The Morgan fingerprint density at radius 1 is 1.56 bits per heavy atom. The maximum atomic E-state index is 12.4. The van der Waals surface area contributed by atoms with Crippen LogP contribution < -0.4 is 5.73 Å². The highest BCUT2D eigenvalue weighted by molar-refractivity contribution is 6.31. The molecule has 1 aliphatic rings. The van der Waals surface area contributed by atoms with Crippen LogP contribution in [0.15, 0.2) is 41.0 Å². The Hall–Kier alpha value is -3.05. The second-order valence-corrected chi connectivity index (χ2v) is 5.49. The monoisotopic (exact) mass is 363 g/mol. The van der Waals surface area contributed by atoms with Crippen LogP contribution in [0.5, 0.6) is 0 Å². The summed E-state index contributed by atoms with van der Waals surface area (Å²) in [7, 11) is 0. The molecule has 0 radical (unpaired) electrons. The van der Waals surface area contributed by atoms with Crippen molar-refractivity contribution in [3.05, 3.63) is 61.7 Å². The SMILES string of the molecule is CCOC(=O)C1=C(C)OC(N)=C(C#N)C1c1cc([N+](=O)[O-])ccc1Cl. The molecular formula is C16H14ClN3O5. The molecule has 0 saturated heterocycles. The van der Waals surface area contributed by atoms with Gasteiger partial charge in [0, 0.05) is 17.2 Å². The summed E-state index contributed by atoms with van der Waals surface area (Å²) in [5.41, 5.74) is 5.68. The molecule has 0 fully saturated rings. The number of nitrogens with zero attached hydrogens (tertiary/aromatic N) is 2. The van der Waals surface area contributed by atoms with E-state index in [-0.39, 0.29) is 45.7 Å². The number of hydrogen-bond donors (Lipinski definition) is 1. The first-order chi connectivity index (χ1) is 11.8. The third-order valence-corrected chi connectivity index (χ3v) is 3.95. The molecule has 0 aliphatic carbocycles. The number of nitro benzene ring substituents is 1. The van der Waals surface area contributed by atoms with Gasteiger partial charge < -0.3 is 15.2 Å². The number of ether oxygens (including phenoxy) is 2. The van der Waals surface area contributed by atoms with Crippen molar-refractivity contribution in [1.29, 1.82) is 5.26 Å². The molecule has 9 heteroatoms. The lowest BCUT2D eigenvalue weighted by Gasteiger charge is -2.27. The first-order valence-electron chi connectivity index (χ1n) is 7.21. The molecule has 130 valence electrons. The van der Waals surface area contributed by atoms with Crippen molar-refractivity contribution >= 4 is 23.3 Å². The molecule has 1 heterocycles. The van der Waals surface area contributed by atoms with Gasteiger partial charge in [-0.1, -0.05) is 11.6 Å². The van der Waals surface area contributed by atoms with Crippen LogP contribution in [0.4, 0.5) is 5.69 Å². The Balaban J connectivity index is 2.73. The Morgan fingerprint density at radius 3 is 2.80 bits per heavy atom. The van der Waals surface area contributed by atoms with Gasteiger partial charge in [-0.2, -0.15) is 5.26 Å². The average Bonchev–Trinajstić information content (AvgIpc) is 2.54. The molecular weight excluding hydrogens is 350 g/mol. The zero-order valence-corrected chi connectivity index (χ0v) is 14.2. The lowest BCUT2D eigenvalue weighted by Crippen LogP contribution is -2.25. The van der Waals surface area contributed by atoms with Crippen molar-refractivity contribution in [2.45, 2.75) is 19.8 Å². The summed E-state index contributed by atoms with van der Waals surface area (Å²) in [6, 6.07) is 5.64. The molecule has 1 unspecified atom stereocenters. The second-order valence-electron chi connectivity index (χ2n) is 5.08. The van der Waals surface area contributed by atoms with Gasteiger partial charge in [0.15, 0.2) is 0 Å². The second kappa shape index (κ2) is 7.23. The summed E-state index contributed by atoms with van der Waals surface area (Å²) in [5.74, 6) is -1.79. The summed E-state index contributed by atoms with van der Waals surface area (Å²) in [6.07, 6.45) is 0. The maximum Gasteiger partial charge on any atom is 0.338 e. The molecule has 0 aromatic heterocycles.